The van der Waals surface area contributed by atoms with E-state index < -0.39 is 5.25 Å². The lowest BCUT2D eigenvalue weighted by molar-refractivity contribution is -0.115. The van der Waals surface area contributed by atoms with Crippen LogP contribution in [0.2, 0.25) is 0 Å². The smallest absolute Gasteiger partial charge is 0.263 e. The van der Waals surface area contributed by atoms with Crippen molar-refractivity contribution in [1.29, 1.82) is 0 Å². The minimum absolute atomic E-state index is 0.0935. The number of fused-ring (bicyclic) bond motifs is 1. The van der Waals surface area contributed by atoms with E-state index >= 15 is 0 Å². The molecular weight excluding hydrogens is 448 g/mol. The van der Waals surface area contributed by atoms with Gasteiger partial charge in [0.1, 0.15) is 4.83 Å². The number of aromatic nitrogens is 2. The first-order valence-corrected chi connectivity index (χ1v) is 12.3. The molecule has 1 aromatic carbocycles. The number of rotatable bonds is 6. The lowest BCUT2D eigenvalue weighted by Crippen LogP contribution is -2.25. The van der Waals surface area contributed by atoms with Crippen LogP contribution in [0.1, 0.15) is 6.92 Å². The van der Waals surface area contributed by atoms with E-state index in [1.54, 1.807) is 18.4 Å². The first kappa shape index (κ1) is 21.6. The molecule has 1 N–H and O–H groups in total. The third-order valence-corrected chi connectivity index (χ3v) is 7.78. The molecule has 0 aliphatic carbocycles. The average Bonchev–Trinajstić information content (AvgIpc) is 3.41. The number of thioether (sulfide) groups is 1. The molecule has 0 spiro atoms. The van der Waals surface area contributed by atoms with Gasteiger partial charge >= 0.3 is 0 Å². The summed E-state index contributed by atoms with van der Waals surface area (Å²) in [5, 5.41) is 7.66. The van der Waals surface area contributed by atoms with Gasteiger partial charge in [-0.15, -0.1) is 22.7 Å². The van der Waals surface area contributed by atoms with Crippen molar-refractivity contribution in [2.75, 3.05) is 24.3 Å². The number of thiophene rings is 2. The van der Waals surface area contributed by atoms with Gasteiger partial charge in [-0.1, -0.05) is 17.8 Å². The van der Waals surface area contributed by atoms with E-state index in [1.807, 2.05) is 73.1 Å². The summed E-state index contributed by atoms with van der Waals surface area (Å²) >= 11 is 4.34. The molecule has 0 radical (unpaired) electrons. The molecule has 31 heavy (non-hydrogen) atoms. The van der Waals surface area contributed by atoms with Crippen molar-refractivity contribution in [3.05, 3.63) is 57.5 Å². The lowest BCUT2D eigenvalue weighted by atomic mass is 10.2. The Hall–Kier alpha value is -2.62. The quantitative estimate of drug-likeness (QED) is 0.320. The third kappa shape index (κ3) is 4.39. The van der Waals surface area contributed by atoms with E-state index in [9.17, 15) is 9.59 Å². The highest BCUT2D eigenvalue weighted by Crippen LogP contribution is 2.35. The molecule has 160 valence electrons. The molecule has 1 unspecified atom stereocenters. The summed E-state index contributed by atoms with van der Waals surface area (Å²) in [5.41, 5.74) is 2.63. The van der Waals surface area contributed by atoms with Crippen LogP contribution in [0.4, 0.5) is 11.4 Å². The maximum Gasteiger partial charge on any atom is 0.263 e. The van der Waals surface area contributed by atoms with Crippen molar-refractivity contribution >= 4 is 61.9 Å². The van der Waals surface area contributed by atoms with Gasteiger partial charge in [-0.05, 0) is 42.6 Å². The van der Waals surface area contributed by atoms with E-state index in [4.69, 9.17) is 4.98 Å². The SMILES string of the molecule is CC(Sc1nc2scc(-c3cccs3)c2c(=O)n1C)C(=O)Nc1ccc(N(C)C)cc1. The Labute approximate surface area is 192 Å². The predicted octanol–water partition coefficient (Wildman–Crippen LogP) is 4.91. The Morgan fingerprint density at radius 1 is 1.19 bits per heavy atom. The second-order valence-electron chi connectivity index (χ2n) is 7.26. The molecule has 0 aliphatic rings. The van der Waals surface area contributed by atoms with Gasteiger partial charge in [0.05, 0.1) is 10.6 Å². The number of benzene rings is 1. The fourth-order valence-electron chi connectivity index (χ4n) is 3.07. The second kappa shape index (κ2) is 8.86. The standard InChI is InChI=1S/C22H22N4O2S3/c1-13(19(27)23-14-7-9-15(10-8-14)25(2)3)31-22-24-20-18(21(28)26(22)4)16(12-30-20)17-6-5-11-29-17/h5-13H,1-4H3,(H,23,27). The Morgan fingerprint density at radius 2 is 1.94 bits per heavy atom. The average molecular weight is 471 g/mol. The molecule has 4 aromatic rings. The van der Waals surface area contributed by atoms with Crippen LogP contribution in [0.25, 0.3) is 20.7 Å². The van der Waals surface area contributed by atoms with Crippen LogP contribution in [0.5, 0.6) is 0 Å². The van der Waals surface area contributed by atoms with Gasteiger partial charge in [-0.3, -0.25) is 14.2 Å². The number of hydrogen-bond acceptors (Lipinski definition) is 7. The van der Waals surface area contributed by atoms with E-state index in [0.717, 1.165) is 21.8 Å². The zero-order valence-corrected chi connectivity index (χ0v) is 20.0. The van der Waals surface area contributed by atoms with Gasteiger partial charge in [-0.25, -0.2) is 4.98 Å². The number of carbonyl (C=O) groups is 1. The zero-order chi connectivity index (χ0) is 22.1. The molecule has 0 bridgehead atoms. The number of nitrogens with one attached hydrogen (secondary N) is 1. The highest BCUT2D eigenvalue weighted by molar-refractivity contribution is 8.00. The van der Waals surface area contributed by atoms with E-state index in [-0.39, 0.29) is 11.5 Å². The first-order valence-electron chi connectivity index (χ1n) is 9.62. The van der Waals surface area contributed by atoms with Gasteiger partial charge in [0.15, 0.2) is 5.16 Å². The maximum absolute atomic E-state index is 13.1. The molecule has 0 fully saturated rings. The molecule has 6 nitrogen and oxygen atoms in total. The minimum atomic E-state index is -0.416. The number of carbonyl (C=O) groups excluding carboxylic acids is 1. The zero-order valence-electron chi connectivity index (χ0n) is 17.6. The molecule has 1 atom stereocenters. The highest BCUT2D eigenvalue weighted by Gasteiger charge is 2.21. The summed E-state index contributed by atoms with van der Waals surface area (Å²) in [6.07, 6.45) is 0. The molecule has 0 aliphatic heterocycles. The predicted molar refractivity (Wildman–Crippen MR) is 133 cm³/mol. The highest BCUT2D eigenvalue weighted by atomic mass is 32.2. The van der Waals surface area contributed by atoms with Crippen LogP contribution in [-0.4, -0.2) is 34.8 Å². The Morgan fingerprint density at radius 3 is 2.58 bits per heavy atom. The molecule has 3 aromatic heterocycles. The van der Waals surface area contributed by atoms with E-state index in [0.29, 0.717) is 15.4 Å². The number of hydrogen-bond donors (Lipinski definition) is 1. The van der Waals surface area contributed by atoms with Crippen LogP contribution in [0.15, 0.2) is 57.1 Å². The first-order chi connectivity index (χ1) is 14.8. The van der Waals surface area contributed by atoms with Gasteiger partial charge in [-0.2, -0.15) is 0 Å². The van der Waals surface area contributed by atoms with Crippen LogP contribution >= 0.6 is 34.4 Å². The molecule has 1 amide bonds. The summed E-state index contributed by atoms with van der Waals surface area (Å²) in [6, 6.07) is 11.6. The van der Waals surface area contributed by atoms with Crippen molar-refractivity contribution in [1.82, 2.24) is 9.55 Å². The normalized spacial score (nSPS) is 12.1. The minimum Gasteiger partial charge on any atom is -0.378 e. The van der Waals surface area contributed by atoms with Crippen LogP contribution < -0.4 is 15.8 Å². The summed E-state index contributed by atoms with van der Waals surface area (Å²) in [7, 11) is 5.65. The monoisotopic (exact) mass is 470 g/mol. The Kier molecular flexibility index (Phi) is 6.17. The van der Waals surface area contributed by atoms with Gasteiger partial charge < -0.3 is 10.2 Å². The van der Waals surface area contributed by atoms with E-state index in [1.165, 1.54) is 27.7 Å². The molecule has 0 saturated carbocycles. The summed E-state index contributed by atoms with van der Waals surface area (Å²) in [5.74, 6) is -0.137. The number of anilines is 2. The fourth-order valence-corrected chi connectivity index (χ4v) is 5.75. The third-order valence-electron chi connectivity index (χ3n) is 4.86. The molecule has 3 heterocycles. The van der Waals surface area contributed by atoms with Crippen molar-refractivity contribution < 1.29 is 4.79 Å². The van der Waals surface area contributed by atoms with Crippen molar-refractivity contribution in [3.63, 3.8) is 0 Å². The summed E-state index contributed by atoms with van der Waals surface area (Å²) < 4.78 is 1.53. The molecule has 0 saturated heterocycles. The van der Waals surface area contributed by atoms with Gasteiger partial charge in [0, 0.05) is 48.3 Å². The molecular formula is C22H22N4O2S3. The molecule has 4 rings (SSSR count). The maximum atomic E-state index is 13.1. The fraction of sp³-hybridized carbons (Fsp3) is 0.227. The van der Waals surface area contributed by atoms with Crippen molar-refractivity contribution in [3.8, 4) is 10.4 Å². The van der Waals surface area contributed by atoms with Gasteiger partial charge in [0.2, 0.25) is 5.91 Å². The number of nitrogens with zero attached hydrogens (tertiary/aromatic N) is 3. The van der Waals surface area contributed by atoms with Crippen molar-refractivity contribution in [2.24, 2.45) is 7.05 Å². The second-order valence-corrected chi connectivity index (χ2v) is 10.4. The van der Waals surface area contributed by atoms with Gasteiger partial charge in [0.25, 0.3) is 5.56 Å². The van der Waals surface area contributed by atoms with Crippen molar-refractivity contribution in [2.45, 2.75) is 17.3 Å². The summed E-state index contributed by atoms with van der Waals surface area (Å²) in [6.45, 7) is 1.82. The largest absolute Gasteiger partial charge is 0.378 e. The Bertz CT molecular complexity index is 1270. The molecule has 9 heteroatoms. The van der Waals surface area contributed by atoms with Crippen LogP contribution in [0, 0.1) is 0 Å². The topological polar surface area (TPSA) is 67.2 Å². The lowest BCUT2D eigenvalue weighted by Gasteiger charge is -2.15. The van der Waals surface area contributed by atoms with E-state index in [2.05, 4.69) is 5.32 Å². The Balaban J connectivity index is 1.54. The van der Waals surface area contributed by atoms with Crippen LogP contribution in [-0.2, 0) is 11.8 Å². The summed E-state index contributed by atoms with van der Waals surface area (Å²) in [4.78, 5) is 34.2. The van der Waals surface area contributed by atoms with Crippen LogP contribution in [0.3, 0.4) is 0 Å². The number of amides is 1.